The number of carbonyl (C=O) groups is 1. The summed E-state index contributed by atoms with van der Waals surface area (Å²) in [4.78, 5) is 12.3. The van der Waals surface area contributed by atoms with Gasteiger partial charge in [0, 0.05) is 22.7 Å². The standard InChI is InChI=1S/C22H20ClNO4/c1-14-4-5-15(12-18(14)23)20-9-6-16(28-20)8-11-22(25)24-19-13-17(26-2)7-10-21(19)27-3/h4-13H,1-3H3,(H,24,25)/b11-8+. The normalized spacial score (nSPS) is 10.9. The Hall–Kier alpha value is -3.18. The van der Waals surface area contributed by atoms with Gasteiger partial charge in [-0.3, -0.25) is 4.79 Å². The van der Waals surface area contributed by atoms with Gasteiger partial charge in [0.2, 0.25) is 5.91 Å². The molecule has 1 aromatic heterocycles. The van der Waals surface area contributed by atoms with Gasteiger partial charge < -0.3 is 19.2 Å². The summed E-state index contributed by atoms with van der Waals surface area (Å²) in [5.74, 6) is 2.07. The number of anilines is 1. The lowest BCUT2D eigenvalue weighted by molar-refractivity contribution is -0.111. The lowest BCUT2D eigenvalue weighted by Gasteiger charge is -2.10. The van der Waals surface area contributed by atoms with Crippen LogP contribution in [0.1, 0.15) is 11.3 Å². The van der Waals surface area contributed by atoms with Crippen LogP contribution in [0.4, 0.5) is 5.69 Å². The van der Waals surface area contributed by atoms with Crippen LogP contribution in [0.15, 0.2) is 59.0 Å². The van der Waals surface area contributed by atoms with E-state index < -0.39 is 0 Å². The third-order valence-electron chi connectivity index (χ3n) is 4.15. The number of methoxy groups -OCH3 is 2. The summed E-state index contributed by atoms with van der Waals surface area (Å²) >= 11 is 6.17. The first-order chi connectivity index (χ1) is 13.5. The first-order valence-corrected chi connectivity index (χ1v) is 8.95. The Bertz CT molecular complexity index is 1020. The monoisotopic (exact) mass is 397 g/mol. The van der Waals surface area contributed by atoms with E-state index in [1.165, 1.54) is 13.2 Å². The van der Waals surface area contributed by atoms with Crippen LogP contribution in [0.3, 0.4) is 0 Å². The van der Waals surface area contributed by atoms with Crippen molar-refractivity contribution in [1.82, 2.24) is 0 Å². The van der Waals surface area contributed by atoms with Crippen LogP contribution in [0.25, 0.3) is 17.4 Å². The van der Waals surface area contributed by atoms with Gasteiger partial charge in [-0.15, -0.1) is 0 Å². The smallest absolute Gasteiger partial charge is 0.248 e. The molecule has 1 amide bonds. The number of carbonyl (C=O) groups excluding carboxylic acids is 1. The molecule has 0 radical (unpaired) electrons. The topological polar surface area (TPSA) is 60.7 Å². The zero-order valence-corrected chi connectivity index (χ0v) is 16.5. The molecule has 1 N–H and O–H groups in total. The number of rotatable bonds is 6. The first kappa shape index (κ1) is 19.6. The van der Waals surface area contributed by atoms with Crippen LogP contribution in [0.5, 0.6) is 11.5 Å². The summed E-state index contributed by atoms with van der Waals surface area (Å²) in [6.07, 6.45) is 2.99. The molecule has 5 nitrogen and oxygen atoms in total. The van der Waals surface area contributed by atoms with Gasteiger partial charge in [-0.1, -0.05) is 23.7 Å². The Kier molecular flexibility index (Phi) is 6.06. The highest BCUT2D eigenvalue weighted by molar-refractivity contribution is 6.31. The van der Waals surface area contributed by atoms with Gasteiger partial charge in [0.05, 0.1) is 19.9 Å². The van der Waals surface area contributed by atoms with Crippen LogP contribution in [0.2, 0.25) is 5.02 Å². The Morgan fingerprint density at radius 2 is 1.89 bits per heavy atom. The van der Waals surface area contributed by atoms with Gasteiger partial charge in [0.1, 0.15) is 23.0 Å². The zero-order chi connectivity index (χ0) is 20.1. The molecule has 0 saturated carbocycles. The molecule has 0 saturated heterocycles. The zero-order valence-electron chi connectivity index (χ0n) is 15.8. The maximum Gasteiger partial charge on any atom is 0.248 e. The highest BCUT2D eigenvalue weighted by Crippen LogP contribution is 2.29. The average Bonchev–Trinajstić information content (AvgIpc) is 3.17. The van der Waals surface area contributed by atoms with Gasteiger partial charge in [0.25, 0.3) is 0 Å². The van der Waals surface area contributed by atoms with Crippen molar-refractivity contribution in [1.29, 1.82) is 0 Å². The molecule has 1 heterocycles. The van der Waals surface area contributed by atoms with Gasteiger partial charge >= 0.3 is 0 Å². The molecule has 0 aliphatic carbocycles. The predicted molar refractivity (Wildman–Crippen MR) is 111 cm³/mol. The Morgan fingerprint density at radius 1 is 1.07 bits per heavy atom. The van der Waals surface area contributed by atoms with Crippen molar-refractivity contribution in [3.05, 3.63) is 71.0 Å². The molecule has 0 spiro atoms. The molecule has 0 atom stereocenters. The van der Waals surface area contributed by atoms with Crippen LogP contribution in [-0.4, -0.2) is 20.1 Å². The van der Waals surface area contributed by atoms with Crippen molar-refractivity contribution >= 4 is 29.3 Å². The quantitative estimate of drug-likeness (QED) is 0.552. The number of hydrogen-bond acceptors (Lipinski definition) is 4. The van der Waals surface area contributed by atoms with E-state index in [2.05, 4.69) is 5.32 Å². The van der Waals surface area contributed by atoms with Crippen LogP contribution in [0, 0.1) is 6.92 Å². The van der Waals surface area contributed by atoms with Crippen LogP contribution >= 0.6 is 11.6 Å². The number of hydrogen-bond donors (Lipinski definition) is 1. The van der Waals surface area contributed by atoms with E-state index in [0.717, 1.165) is 11.1 Å². The lowest BCUT2D eigenvalue weighted by atomic mass is 10.1. The van der Waals surface area contributed by atoms with E-state index in [0.29, 0.717) is 33.7 Å². The second-order valence-corrected chi connectivity index (χ2v) is 6.46. The summed E-state index contributed by atoms with van der Waals surface area (Å²) in [6, 6.07) is 14.5. The van der Waals surface area contributed by atoms with Crippen molar-refractivity contribution in [3.63, 3.8) is 0 Å². The minimum Gasteiger partial charge on any atom is -0.497 e. The number of amides is 1. The number of benzene rings is 2. The number of ether oxygens (including phenoxy) is 2. The van der Waals surface area contributed by atoms with Crippen molar-refractivity contribution in [2.75, 3.05) is 19.5 Å². The van der Waals surface area contributed by atoms with E-state index in [-0.39, 0.29) is 5.91 Å². The fourth-order valence-electron chi connectivity index (χ4n) is 2.59. The fourth-order valence-corrected chi connectivity index (χ4v) is 2.77. The van der Waals surface area contributed by atoms with Crippen molar-refractivity contribution in [2.24, 2.45) is 0 Å². The average molecular weight is 398 g/mol. The highest BCUT2D eigenvalue weighted by atomic mass is 35.5. The van der Waals surface area contributed by atoms with E-state index >= 15 is 0 Å². The SMILES string of the molecule is COc1ccc(OC)c(NC(=O)/C=C/c2ccc(-c3ccc(C)c(Cl)c3)o2)c1. The van der Waals surface area contributed by atoms with Crippen LogP contribution in [-0.2, 0) is 4.79 Å². The molecule has 0 aliphatic heterocycles. The second kappa shape index (κ2) is 8.67. The molecule has 0 fully saturated rings. The van der Waals surface area contributed by atoms with Gasteiger partial charge in [0.15, 0.2) is 0 Å². The third-order valence-corrected chi connectivity index (χ3v) is 4.55. The molecule has 6 heteroatoms. The molecule has 2 aromatic carbocycles. The molecule has 0 unspecified atom stereocenters. The summed E-state index contributed by atoms with van der Waals surface area (Å²) in [5.41, 5.74) is 2.40. The lowest BCUT2D eigenvalue weighted by Crippen LogP contribution is -2.09. The molecule has 0 aliphatic rings. The van der Waals surface area contributed by atoms with Gasteiger partial charge in [-0.05, 0) is 48.9 Å². The second-order valence-electron chi connectivity index (χ2n) is 6.05. The molecular formula is C22H20ClNO4. The largest absolute Gasteiger partial charge is 0.497 e. The number of halogens is 1. The minimum atomic E-state index is -0.317. The maximum atomic E-state index is 12.3. The van der Waals surface area contributed by atoms with Crippen molar-refractivity contribution in [2.45, 2.75) is 6.92 Å². The molecule has 144 valence electrons. The van der Waals surface area contributed by atoms with E-state index in [1.807, 2.05) is 31.2 Å². The summed E-state index contributed by atoms with van der Waals surface area (Å²) in [5, 5.41) is 3.45. The predicted octanol–water partition coefficient (Wildman–Crippen LogP) is 5.58. The first-order valence-electron chi connectivity index (χ1n) is 8.57. The Balaban J connectivity index is 1.71. The van der Waals surface area contributed by atoms with Gasteiger partial charge in [-0.25, -0.2) is 0 Å². The van der Waals surface area contributed by atoms with E-state index in [9.17, 15) is 4.79 Å². The minimum absolute atomic E-state index is 0.317. The molecule has 0 bridgehead atoms. The molecular weight excluding hydrogens is 378 g/mol. The summed E-state index contributed by atoms with van der Waals surface area (Å²) < 4.78 is 16.2. The third kappa shape index (κ3) is 4.56. The highest BCUT2D eigenvalue weighted by Gasteiger charge is 2.08. The van der Waals surface area contributed by atoms with Crippen molar-refractivity contribution < 1.29 is 18.7 Å². The molecule has 3 aromatic rings. The van der Waals surface area contributed by atoms with Crippen LogP contribution < -0.4 is 14.8 Å². The number of aryl methyl sites for hydroxylation is 1. The van der Waals surface area contributed by atoms with Crippen molar-refractivity contribution in [3.8, 4) is 22.8 Å². The Morgan fingerprint density at radius 3 is 2.61 bits per heavy atom. The number of nitrogens with one attached hydrogen (secondary N) is 1. The van der Waals surface area contributed by atoms with E-state index in [4.69, 9.17) is 25.5 Å². The fraction of sp³-hybridized carbons (Fsp3) is 0.136. The molecule has 3 rings (SSSR count). The maximum absolute atomic E-state index is 12.3. The summed E-state index contributed by atoms with van der Waals surface area (Å²) in [6.45, 7) is 1.94. The van der Waals surface area contributed by atoms with Gasteiger partial charge in [-0.2, -0.15) is 0 Å². The van der Waals surface area contributed by atoms with E-state index in [1.54, 1.807) is 37.5 Å². The number of furan rings is 1. The summed E-state index contributed by atoms with van der Waals surface area (Å²) in [7, 11) is 3.10. The Labute approximate surface area is 168 Å². The molecule has 28 heavy (non-hydrogen) atoms.